The third kappa shape index (κ3) is 3.36. The Morgan fingerprint density at radius 2 is 1.67 bits per heavy atom. The predicted octanol–water partition coefficient (Wildman–Crippen LogP) is 2.71. The molecule has 5 rings (SSSR count). The Bertz CT molecular complexity index is 1080. The van der Waals surface area contributed by atoms with Gasteiger partial charge in [0.15, 0.2) is 0 Å². The number of rotatable bonds is 3. The quantitative estimate of drug-likeness (QED) is 0.674. The summed E-state index contributed by atoms with van der Waals surface area (Å²) in [7, 11) is 0. The van der Waals surface area contributed by atoms with Gasteiger partial charge in [-0.3, -0.25) is 4.79 Å². The topological polar surface area (TPSA) is 65.5 Å². The summed E-state index contributed by atoms with van der Waals surface area (Å²) in [5.74, 6) is 2.52. The summed E-state index contributed by atoms with van der Waals surface area (Å²) < 4.78 is 0. The molecule has 1 amide bonds. The second kappa shape index (κ2) is 7.74. The fourth-order valence-electron chi connectivity index (χ4n) is 4.28. The van der Waals surface area contributed by atoms with Gasteiger partial charge in [0, 0.05) is 50.8 Å². The Balaban J connectivity index is 1.35. The summed E-state index contributed by atoms with van der Waals surface area (Å²) in [5, 5.41) is 0. The lowest BCUT2D eigenvalue weighted by Gasteiger charge is -2.36. The van der Waals surface area contributed by atoms with Gasteiger partial charge in [-0.15, -0.1) is 0 Å². The summed E-state index contributed by atoms with van der Waals surface area (Å²) in [4.78, 5) is 33.1. The van der Waals surface area contributed by atoms with Gasteiger partial charge in [0.2, 0.25) is 0 Å². The van der Waals surface area contributed by atoms with Crippen LogP contribution in [-0.4, -0.2) is 53.6 Å². The summed E-state index contributed by atoms with van der Waals surface area (Å²) in [6.45, 7) is 5.85. The van der Waals surface area contributed by atoms with Crippen LogP contribution in [0.4, 0.5) is 17.3 Å². The van der Waals surface area contributed by atoms with Crippen LogP contribution >= 0.6 is 0 Å². The monoisotopic (exact) mass is 400 g/mol. The van der Waals surface area contributed by atoms with Gasteiger partial charge in [-0.05, 0) is 43.2 Å². The zero-order chi connectivity index (χ0) is 20.5. The molecule has 0 bridgehead atoms. The van der Waals surface area contributed by atoms with E-state index in [4.69, 9.17) is 0 Å². The van der Waals surface area contributed by atoms with E-state index in [1.54, 1.807) is 12.4 Å². The first kappa shape index (κ1) is 18.5. The fourth-order valence-corrected chi connectivity index (χ4v) is 4.28. The molecule has 2 aliphatic heterocycles. The van der Waals surface area contributed by atoms with E-state index in [2.05, 4.69) is 30.8 Å². The summed E-state index contributed by atoms with van der Waals surface area (Å²) in [5.41, 5.74) is 2.91. The molecule has 30 heavy (non-hydrogen) atoms. The largest absolute Gasteiger partial charge is 0.353 e. The average Bonchev–Trinajstić information content (AvgIpc) is 3.23. The van der Waals surface area contributed by atoms with Crippen LogP contribution in [0.25, 0.3) is 0 Å². The Morgan fingerprint density at radius 1 is 0.867 bits per heavy atom. The molecule has 0 unspecified atom stereocenters. The van der Waals surface area contributed by atoms with Crippen LogP contribution in [0.3, 0.4) is 0 Å². The van der Waals surface area contributed by atoms with Crippen molar-refractivity contribution in [2.45, 2.75) is 13.3 Å². The van der Waals surface area contributed by atoms with Crippen molar-refractivity contribution in [3.8, 4) is 0 Å². The number of carbonyl (C=O) groups excluding carboxylic acids is 1. The smallest absolute Gasteiger partial charge is 0.262 e. The van der Waals surface area contributed by atoms with Gasteiger partial charge in [-0.2, -0.15) is 0 Å². The van der Waals surface area contributed by atoms with Crippen molar-refractivity contribution in [1.29, 1.82) is 0 Å². The maximum atomic E-state index is 13.4. The van der Waals surface area contributed by atoms with Gasteiger partial charge in [0.25, 0.3) is 5.91 Å². The second-order valence-electron chi connectivity index (χ2n) is 7.65. The van der Waals surface area contributed by atoms with E-state index < -0.39 is 0 Å². The maximum absolute atomic E-state index is 13.4. The Hall–Kier alpha value is -3.48. The Labute approximate surface area is 176 Å². The standard InChI is InChI=1S/C23H24N6O/c1-17-24-11-8-21(26-17)27-13-15-28(16-14-27)22-19(6-4-10-25-22)23(30)29-12-9-18-5-2-3-7-20(18)29/h2-8,10-11H,9,12-16H2,1H3. The number of aryl methyl sites for hydroxylation is 1. The van der Waals surface area contributed by atoms with Gasteiger partial charge >= 0.3 is 0 Å². The first-order chi connectivity index (χ1) is 14.7. The minimum atomic E-state index is 0.0249. The van der Waals surface area contributed by atoms with E-state index in [1.807, 2.05) is 48.2 Å². The van der Waals surface area contributed by atoms with Crippen LogP contribution in [0.15, 0.2) is 54.9 Å². The Kier molecular flexibility index (Phi) is 4.78. The molecule has 0 aliphatic carbocycles. The van der Waals surface area contributed by atoms with Crippen LogP contribution in [0.1, 0.15) is 21.7 Å². The van der Waals surface area contributed by atoms with E-state index in [9.17, 15) is 4.79 Å². The summed E-state index contributed by atoms with van der Waals surface area (Å²) in [6, 6.07) is 13.8. The van der Waals surface area contributed by atoms with Crippen molar-refractivity contribution in [2.75, 3.05) is 47.4 Å². The number of hydrogen-bond donors (Lipinski definition) is 0. The molecular formula is C23H24N6O. The molecule has 2 aromatic heterocycles. The highest BCUT2D eigenvalue weighted by atomic mass is 16.2. The van der Waals surface area contributed by atoms with Crippen molar-refractivity contribution in [3.63, 3.8) is 0 Å². The minimum absolute atomic E-state index is 0.0249. The molecule has 0 radical (unpaired) electrons. The number of pyridine rings is 1. The highest BCUT2D eigenvalue weighted by Crippen LogP contribution is 2.31. The van der Waals surface area contributed by atoms with Gasteiger partial charge in [-0.25, -0.2) is 15.0 Å². The number of hydrogen-bond acceptors (Lipinski definition) is 6. The molecule has 1 fully saturated rings. The van der Waals surface area contributed by atoms with Crippen LogP contribution in [-0.2, 0) is 6.42 Å². The number of benzene rings is 1. The normalized spacial score (nSPS) is 16.0. The number of carbonyl (C=O) groups is 1. The number of amides is 1. The zero-order valence-corrected chi connectivity index (χ0v) is 17.0. The van der Waals surface area contributed by atoms with Gasteiger partial charge in [0.05, 0.1) is 5.56 Å². The molecular weight excluding hydrogens is 376 g/mol. The van der Waals surface area contributed by atoms with Crippen molar-refractivity contribution in [3.05, 3.63) is 71.8 Å². The maximum Gasteiger partial charge on any atom is 0.262 e. The molecule has 2 aliphatic rings. The lowest BCUT2D eigenvalue weighted by Crippen LogP contribution is -2.48. The second-order valence-corrected chi connectivity index (χ2v) is 7.65. The molecule has 0 saturated carbocycles. The van der Waals surface area contributed by atoms with Crippen molar-refractivity contribution < 1.29 is 4.79 Å². The molecule has 3 aromatic rings. The predicted molar refractivity (Wildman–Crippen MR) is 117 cm³/mol. The van der Waals surface area contributed by atoms with Crippen LogP contribution < -0.4 is 14.7 Å². The zero-order valence-electron chi connectivity index (χ0n) is 17.0. The summed E-state index contributed by atoms with van der Waals surface area (Å²) >= 11 is 0. The number of aromatic nitrogens is 3. The lowest BCUT2D eigenvalue weighted by molar-refractivity contribution is 0.0989. The lowest BCUT2D eigenvalue weighted by atomic mass is 10.1. The molecule has 0 atom stereocenters. The van der Waals surface area contributed by atoms with Crippen molar-refractivity contribution in [1.82, 2.24) is 15.0 Å². The first-order valence-corrected chi connectivity index (χ1v) is 10.3. The molecule has 1 aromatic carbocycles. The minimum Gasteiger partial charge on any atom is -0.353 e. The van der Waals surface area contributed by atoms with Gasteiger partial charge in [-0.1, -0.05) is 18.2 Å². The molecule has 152 valence electrons. The third-order valence-corrected chi connectivity index (χ3v) is 5.81. The molecule has 0 spiro atoms. The van der Waals surface area contributed by atoms with E-state index in [0.717, 1.165) is 55.7 Å². The third-order valence-electron chi connectivity index (χ3n) is 5.81. The van der Waals surface area contributed by atoms with Gasteiger partial charge < -0.3 is 14.7 Å². The van der Waals surface area contributed by atoms with E-state index >= 15 is 0 Å². The van der Waals surface area contributed by atoms with Crippen molar-refractivity contribution >= 4 is 23.2 Å². The highest BCUT2D eigenvalue weighted by Gasteiger charge is 2.29. The number of fused-ring (bicyclic) bond motifs is 1. The number of para-hydroxylation sites is 1. The first-order valence-electron chi connectivity index (χ1n) is 10.3. The van der Waals surface area contributed by atoms with E-state index in [1.165, 1.54) is 5.56 Å². The summed E-state index contributed by atoms with van der Waals surface area (Å²) in [6.07, 6.45) is 4.46. The van der Waals surface area contributed by atoms with E-state index in [0.29, 0.717) is 12.1 Å². The highest BCUT2D eigenvalue weighted by molar-refractivity contribution is 6.10. The molecule has 0 N–H and O–H groups in total. The Morgan fingerprint density at radius 3 is 2.50 bits per heavy atom. The molecule has 7 heteroatoms. The van der Waals surface area contributed by atoms with Crippen LogP contribution in [0, 0.1) is 6.92 Å². The average molecular weight is 400 g/mol. The number of anilines is 3. The molecule has 4 heterocycles. The van der Waals surface area contributed by atoms with E-state index in [-0.39, 0.29) is 5.91 Å². The molecule has 7 nitrogen and oxygen atoms in total. The van der Waals surface area contributed by atoms with Crippen molar-refractivity contribution in [2.24, 2.45) is 0 Å². The number of piperazine rings is 1. The SMILES string of the molecule is Cc1nccc(N2CCN(c3ncccc3C(=O)N3CCc4ccccc43)CC2)n1. The van der Waals surface area contributed by atoms with Gasteiger partial charge in [0.1, 0.15) is 17.5 Å². The van der Waals surface area contributed by atoms with Crippen LogP contribution in [0.5, 0.6) is 0 Å². The fraction of sp³-hybridized carbons (Fsp3) is 0.304. The molecule has 1 saturated heterocycles. The van der Waals surface area contributed by atoms with Crippen LogP contribution in [0.2, 0.25) is 0 Å². The number of nitrogens with zero attached hydrogens (tertiary/aromatic N) is 6.